The van der Waals surface area contributed by atoms with E-state index in [1.54, 1.807) is 30.3 Å². The molecule has 3 N–H and O–H groups in total. The van der Waals surface area contributed by atoms with Crippen molar-refractivity contribution in [2.24, 2.45) is 0 Å². The zero-order chi connectivity index (χ0) is 17.3. The molecule has 1 aliphatic heterocycles. The highest BCUT2D eigenvalue weighted by molar-refractivity contribution is 6.30. The Bertz CT molecular complexity index is 825. The van der Waals surface area contributed by atoms with Gasteiger partial charge in [0.05, 0.1) is 0 Å². The van der Waals surface area contributed by atoms with Gasteiger partial charge >= 0.3 is 0 Å². The highest BCUT2D eigenvalue weighted by Crippen LogP contribution is 2.30. The van der Waals surface area contributed by atoms with Crippen LogP contribution in [-0.4, -0.2) is 29.9 Å². The van der Waals surface area contributed by atoms with Gasteiger partial charge in [-0.25, -0.2) is 4.98 Å². The van der Waals surface area contributed by atoms with Crippen molar-refractivity contribution in [2.75, 3.05) is 29.1 Å². The summed E-state index contributed by atoms with van der Waals surface area (Å²) in [6.07, 6.45) is 0. The summed E-state index contributed by atoms with van der Waals surface area (Å²) in [6.45, 7) is 1.50. The number of fused-ring (bicyclic) bond motifs is 1. The highest BCUT2D eigenvalue weighted by atomic mass is 35.5. The van der Waals surface area contributed by atoms with E-state index in [2.05, 4.69) is 10.3 Å². The first-order chi connectivity index (χ1) is 11.4. The topological polar surface area (TPSA) is 97.5 Å². The van der Waals surface area contributed by atoms with Crippen LogP contribution in [0, 0.1) is 6.92 Å². The molecule has 0 aliphatic carbocycles. The van der Waals surface area contributed by atoms with Crippen molar-refractivity contribution in [2.45, 2.75) is 6.92 Å². The summed E-state index contributed by atoms with van der Waals surface area (Å²) in [4.78, 5) is 29.8. The van der Waals surface area contributed by atoms with Gasteiger partial charge in [0.15, 0.2) is 18.2 Å². The van der Waals surface area contributed by atoms with Crippen molar-refractivity contribution in [3.05, 3.63) is 40.9 Å². The van der Waals surface area contributed by atoms with E-state index in [9.17, 15) is 9.59 Å². The monoisotopic (exact) mass is 346 g/mol. The fourth-order valence-corrected chi connectivity index (χ4v) is 2.58. The van der Waals surface area contributed by atoms with E-state index >= 15 is 0 Å². The summed E-state index contributed by atoms with van der Waals surface area (Å²) < 4.78 is 5.30. The minimum atomic E-state index is -0.358. The maximum absolute atomic E-state index is 12.3. The summed E-state index contributed by atoms with van der Waals surface area (Å²) in [5, 5.41) is 3.34. The SMILES string of the molecule is Cc1cc(Cl)ccc1NC(=O)CN1C(=O)COc2ccc(N)nc21. The molecule has 2 amide bonds. The van der Waals surface area contributed by atoms with E-state index in [0.29, 0.717) is 16.5 Å². The van der Waals surface area contributed by atoms with Crippen molar-refractivity contribution < 1.29 is 14.3 Å². The molecule has 2 aromatic rings. The Kier molecular flexibility index (Phi) is 4.26. The van der Waals surface area contributed by atoms with Crippen LogP contribution in [0.15, 0.2) is 30.3 Å². The van der Waals surface area contributed by atoms with Crippen molar-refractivity contribution >= 4 is 40.7 Å². The molecule has 7 nitrogen and oxygen atoms in total. The van der Waals surface area contributed by atoms with E-state index in [-0.39, 0.29) is 36.6 Å². The minimum Gasteiger partial charge on any atom is -0.480 e. The van der Waals surface area contributed by atoms with Crippen LogP contribution in [-0.2, 0) is 9.59 Å². The van der Waals surface area contributed by atoms with Gasteiger partial charge < -0.3 is 15.8 Å². The molecule has 0 spiro atoms. The Balaban J connectivity index is 1.79. The number of nitrogens with zero attached hydrogens (tertiary/aromatic N) is 2. The van der Waals surface area contributed by atoms with Crippen LogP contribution < -0.4 is 20.7 Å². The molecular weight excluding hydrogens is 332 g/mol. The van der Waals surface area contributed by atoms with Gasteiger partial charge in [-0.1, -0.05) is 11.6 Å². The number of rotatable bonds is 3. The Morgan fingerprint density at radius 1 is 1.42 bits per heavy atom. The molecule has 0 fully saturated rings. The second kappa shape index (κ2) is 6.37. The first-order valence-corrected chi connectivity index (χ1v) is 7.57. The Morgan fingerprint density at radius 2 is 2.21 bits per heavy atom. The van der Waals surface area contributed by atoms with Gasteiger partial charge in [0.25, 0.3) is 5.91 Å². The quantitative estimate of drug-likeness (QED) is 0.885. The molecule has 1 aromatic carbocycles. The van der Waals surface area contributed by atoms with Gasteiger partial charge in [-0.3, -0.25) is 14.5 Å². The smallest absolute Gasteiger partial charge is 0.266 e. The molecule has 2 heterocycles. The van der Waals surface area contributed by atoms with Crippen LogP contribution in [0.5, 0.6) is 5.75 Å². The van der Waals surface area contributed by atoms with Crippen LogP contribution >= 0.6 is 11.6 Å². The number of amides is 2. The summed E-state index contributed by atoms with van der Waals surface area (Å²) in [5.41, 5.74) is 7.12. The van der Waals surface area contributed by atoms with Gasteiger partial charge in [-0.2, -0.15) is 0 Å². The Hall–Kier alpha value is -2.80. The number of aromatic nitrogens is 1. The third-order valence-electron chi connectivity index (χ3n) is 3.53. The second-order valence-electron chi connectivity index (χ2n) is 5.33. The maximum Gasteiger partial charge on any atom is 0.266 e. The fraction of sp³-hybridized carbons (Fsp3) is 0.188. The number of hydrogen-bond donors (Lipinski definition) is 2. The van der Waals surface area contributed by atoms with Crippen LogP contribution in [0.2, 0.25) is 5.02 Å². The summed E-state index contributed by atoms with van der Waals surface area (Å²) in [5.74, 6) is 0.189. The van der Waals surface area contributed by atoms with Crippen LogP contribution in [0.3, 0.4) is 0 Å². The van der Waals surface area contributed by atoms with Gasteiger partial charge in [0.2, 0.25) is 5.91 Å². The third kappa shape index (κ3) is 3.26. The lowest BCUT2D eigenvalue weighted by Gasteiger charge is -2.27. The lowest BCUT2D eigenvalue weighted by atomic mass is 10.2. The van der Waals surface area contributed by atoms with Crippen molar-refractivity contribution in [3.8, 4) is 5.75 Å². The molecule has 0 atom stereocenters. The number of nitrogens with two attached hydrogens (primary N) is 1. The van der Waals surface area contributed by atoms with E-state index < -0.39 is 0 Å². The normalized spacial score (nSPS) is 13.2. The van der Waals surface area contributed by atoms with E-state index in [0.717, 1.165) is 5.56 Å². The third-order valence-corrected chi connectivity index (χ3v) is 3.77. The number of aryl methyl sites for hydroxylation is 1. The number of nitrogens with one attached hydrogen (secondary N) is 1. The molecule has 24 heavy (non-hydrogen) atoms. The maximum atomic E-state index is 12.3. The van der Waals surface area contributed by atoms with Crippen molar-refractivity contribution in [1.29, 1.82) is 0 Å². The zero-order valence-electron chi connectivity index (χ0n) is 12.9. The molecule has 8 heteroatoms. The van der Waals surface area contributed by atoms with Crippen molar-refractivity contribution in [1.82, 2.24) is 4.98 Å². The molecular formula is C16H15ClN4O3. The predicted octanol–water partition coefficient (Wildman–Crippen LogP) is 1.99. The van der Waals surface area contributed by atoms with Gasteiger partial charge in [0.1, 0.15) is 12.4 Å². The number of pyridine rings is 1. The summed E-state index contributed by atoms with van der Waals surface area (Å²) in [7, 11) is 0. The Morgan fingerprint density at radius 3 is 2.96 bits per heavy atom. The van der Waals surface area contributed by atoms with E-state index in [1.807, 2.05) is 6.92 Å². The van der Waals surface area contributed by atoms with Gasteiger partial charge in [0, 0.05) is 10.7 Å². The lowest BCUT2D eigenvalue weighted by Crippen LogP contribution is -2.44. The second-order valence-corrected chi connectivity index (χ2v) is 5.77. The fourth-order valence-electron chi connectivity index (χ4n) is 2.36. The molecule has 1 aromatic heterocycles. The van der Waals surface area contributed by atoms with E-state index in [4.69, 9.17) is 22.1 Å². The molecule has 124 valence electrons. The highest BCUT2D eigenvalue weighted by Gasteiger charge is 2.29. The number of hydrogen-bond acceptors (Lipinski definition) is 5. The number of carbonyl (C=O) groups is 2. The van der Waals surface area contributed by atoms with Crippen molar-refractivity contribution in [3.63, 3.8) is 0 Å². The first kappa shape index (κ1) is 16.1. The lowest BCUT2D eigenvalue weighted by molar-refractivity contribution is -0.123. The van der Waals surface area contributed by atoms with Crippen LogP contribution in [0.4, 0.5) is 17.3 Å². The Labute approximate surface area is 143 Å². The minimum absolute atomic E-state index is 0.147. The number of anilines is 3. The number of carbonyl (C=O) groups excluding carboxylic acids is 2. The predicted molar refractivity (Wildman–Crippen MR) is 91.3 cm³/mol. The van der Waals surface area contributed by atoms with E-state index in [1.165, 1.54) is 4.90 Å². The summed E-state index contributed by atoms with van der Waals surface area (Å²) in [6, 6.07) is 8.33. The van der Waals surface area contributed by atoms with Crippen LogP contribution in [0.25, 0.3) is 0 Å². The van der Waals surface area contributed by atoms with Gasteiger partial charge in [-0.05, 0) is 42.8 Å². The van der Waals surface area contributed by atoms with Crippen LogP contribution in [0.1, 0.15) is 5.56 Å². The molecule has 0 bridgehead atoms. The number of benzene rings is 1. The number of halogens is 1. The molecule has 3 rings (SSSR count). The largest absolute Gasteiger partial charge is 0.480 e. The zero-order valence-corrected chi connectivity index (χ0v) is 13.6. The number of nitrogen functional groups attached to an aromatic ring is 1. The number of ether oxygens (including phenoxy) is 1. The van der Waals surface area contributed by atoms with Gasteiger partial charge in [-0.15, -0.1) is 0 Å². The average Bonchev–Trinajstić information content (AvgIpc) is 2.53. The molecule has 0 radical (unpaired) electrons. The standard InChI is InChI=1S/C16H15ClN4O3/c1-9-6-10(17)2-3-11(9)19-14(22)7-21-15(23)8-24-12-4-5-13(18)20-16(12)21/h2-6H,7-8H2,1H3,(H2,18,20)(H,19,22). The molecule has 0 unspecified atom stereocenters. The molecule has 0 saturated carbocycles. The summed E-state index contributed by atoms with van der Waals surface area (Å²) >= 11 is 5.90. The first-order valence-electron chi connectivity index (χ1n) is 7.20. The average molecular weight is 347 g/mol. The molecule has 1 aliphatic rings. The molecule has 0 saturated heterocycles.